The van der Waals surface area contributed by atoms with Crippen LogP contribution >= 0.6 is 11.6 Å². The lowest BCUT2D eigenvalue weighted by molar-refractivity contribution is -0.122. The molecule has 1 aliphatic rings. The van der Waals surface area contributed by atoms with E-state index in [4.69, 9.17) is 17.3 Å². The quantitative estimate of drug-likeness (QED) is 0.831. The summed E-state index contributed by atoms with van der Waals surface area (Å²) in [6.07, 6.45) is 0. The fraction of sp³-hybridized carbons (Fsp3) is 0.385. The fourth-order valence-corrected chi connectivity index (χ4v) is 2.27. The first kappa shape index (κ1) is 13.8. The Morgan fingerprint density at radius 2 is 2.21 bits per heavy atom. The molecule has 1 heterocycles. The summed E-state index contributed by atoms with van der Waals surface area (Å²) < 4.78 is 0. The predicted octanol–water partition coefficient (Wildman–Crippen LogP) is 0.548. The van der Waals surface area contributed by atoms with E-state index in [9.17, 15) is 9.59 Å². The number of nitrogens with zero attached hydrogens (tertiary/aromatic N) is 1. The lowest BCUT2D eigenvalue weighted by atomic mass is 10.1. The summed E-state index contributed by atoms with van der Waals surface area (Å²) in [5.74, 6) is -0.717. The second kappa shape index (κ2) is 5.59. The molecule has 2 rings (SSSR count). The summed E-state index contributed by atoms with van der Waals surface area (Å²) in [5, 5.41) is 3.59. The predicted molar refractivity (Wildman–Crippen MR) is 73.1 cm³/mol. The average Bonchev–Trinajstić information content (AvgIpc) is 2.41. The Balaban J connectivity index is 2.26. The number of halogens is 1. The van der Waals surface area contributed by atoms with Crippen LogP contribution in [0.2, 0.25) is 5.02 Å². The molecule has 1 atom stereocenters. The van der Waals surface area contributed by atoms with Gasteiger partial charge >= 0.3 is 0 Å². The van der Waals surface area contributed by atoms with E-state index in [0.29, 0.717) is 30.2 Å². The van der Waals surface area contributed by atoms with Crippen LogP contribution in [0.4, 0.5) is 0 Å². The van der Waals surface area contributed by atoms with Crippen LogP contribution in [-0.4, -0.2) is 42.4 Å². The van der Waals surface area contributed by atoms with E-state index in [1.807, 2.05) is 6.92 Å². The Labute approximate surface area is 116 Å². The number of hydrogen-bond donors (Lipinski definition) is 2. The first-order valence-electron chi connectivity index (χ1n) is 6.08. The number of carbonyl (C=O) groups excluding carboxylic acids is 2. The molecule has 19 heavy (non-hydrogen) atoms. The molecule has 0 radical (unpaired) electrons. The number of nitrogens with one attached hydrogen (secondary N) is 1. The molecule has 1 aromatic carbocycles. The van der Waals surface area contributed by atoms with Crippen LogP contribution in [0.25, 0.3) is 0 Å². The Bertz CT molecular complexity index is 519. The van der Waals surface area contributed by atoms with E-state index in [1.165, 1.54) is 4.90 Å². The number of primary amides is 1. The fourth-order valence-electron chi connectivity index (χ4n) is 2.09. The highest BCUT2D eigenvalue weighted by molar-refractivity contribution is 6.31. The van der Waals surface area contributed by atoms with Gasteiger partial charge in [0.2, 0.25) is 5.91 Å². The van der Waals surface area contributed by atoms with Gasteiger partial charge in [-0.1, -0.05) is 17.7 Å². The van der Waals surface area contributed by atoms with Crippen LogP contribution in [0.5, 0.6) is 0 Å². The van der Waals surface area contributed by atoms with Gasteiger partial charge in [0.25, 0.3) is 5.91 Å². The molecule has 102 valence electrons. The van der Waals surface area contributed by atoms with Crippen LogP contribution in [0, 0.1) is 6.92 Å². The van der Waals surface area contributed by atoms with Gasteiger partial charge in [-0.3, -0.25) is 9.59 Å². The molecular formula is C13H16ClN3O2. The van der Waals surface area contributed by atoms with Crippen LogP contribution in [0.1, 0.15) is 15.9 Å². The minimum Gasteiger partial charge on any atom is -0.368 e. The van der Waals surface area contributed by atoms with E-state index in [1.54, 1.807) is 18.2 Å². The maximum atomic E-state index is 12.4. The number of amides is 2. The van der Waals surface area contributed by atoms with Gasteiger partial charge < -0.3 is 16.0 Å². The Morgan fingerprint density at radius 3 is 2.84 bits per heavy atom. The van der Waals surface area contributed by atoms with Crippen molar-refractivity contribution in [3.63, 3.8) is 0 Å². The lowest BCUT2D eigenvalue weighted by Crippen LogP contribution is -2.58. The maximum absolute atomic E-state index is 12.4. The third-order valence-corrected chi connectivity index (χ3v) is 3.66. The largest absolute Gasteiger partial charge is 0.368 e. The summed E-state index contributed by atoms with van der Waals surface area (Å²) in [5.41, 5.74) is 6.71. The summed E-state index contributed by atoms with van der Waals surface area (Å²) in [6, 6.07) is 4.52. The summed E-state index contributed by atoms with van der Waals surface area (Å²) >= 11 is 6.02. The van der Waals surface area contributed by atoms with E-state index >= 15 is 0 Å². The van der Waals surface area contributed by atoms with Crippen molar-refractivity contribution >= 4 is 23.4 Å². The number of benzene rings is 1. The van der Waals surface area contributed by atoms with E-state index < -0.39 is 11.9 Å². The number of carbonyl (C=O) groups is 2. The van der Waals surface area contributed by atoms with E-state index in [-0.39, 0.29) is 5.91 Å². The van der Waals surface area contributed by atoms with Gasteiger partial charge in [-0.15, -0.1) is 0 Å². The molecule has 1 aliphatic heterocycles. The SMILES string of the molecule is Cc1ccc(C(=O)N2CCNCC2C(N)=O)cc1Cl. The van der Waals surface area contributed by atoms with Crippen molar-refractivity contribution in [1.29, 1.82) is 0 Å². The molecule has 0 aliphatic carbocycles. The minimum atomic E-state index is -0.610. The molecule has 1 saturated heterocycles. The van der Waals surface area contributed by atoms with Gasteiger partial charge in [-0.2, -0.15) is 0 Å². The second-order valence-electron chi connectivity index (χ2n) is 4.58. The number of hydrogen-bond acceptors (Lipinski definition) is 3. The van der Waals surface area contributed by atoms with Gasteiger partial charge in [-0.25, -0.2) is 0 Å². The zero-order valence-electron chi connectivity index (χ0n) is 10.6. The molecule has 0 aromatic heterocycles. The topological polar surface area (TPSA) is 75.4 Å². The molecule has 1 fully saturated rings. The van der Waals surface area contributed by atoms with Crippen LogP contribution in [0.15, 0.2) is 18.2 Å². The van der Waals surface area contributed by atoms with E-state index in [2.05, 4.69) is 5.32 Å². The molecule has 1 aromatic rings. The van der Waals surface area contributed by atoms with Crippen molar-refractivity contribution in [1.82, 2.24) is 10.2 Å². The maximum Gasteiger partial charge on any atom is 0.254 e. The molecule has 5 nitrogen and oxygen atoms in total. The van der Waals surface area contributed by atoms with Gasteiger partial charge in [0.05, 0.1) is 0 Å². The number of nitrogens with two attached hydrogens (primary N) is 1. The number of rotatable bonds is 2. The second-order valence-corrected chi connectivity index (χ2v) is 4.99. The Hall–Kier alpha value is -1.59. The third-order valence-electron chi connectivity index (χ3n) is 3.25. The van der Waals surface area contributed by atoms with Crippen molar-refractivity contribution in [3.05, 3.63) is 34.3 Å². The normalized spacial score (nSPS) is 19.3. The lowest BCUT2D eigenvalue weighted by Gasteiger charge is -2.34. The van der Waals surface area contributed by atoms with Gasteiger partial charge in [0.15, 0.2) is 0 Å². The summed E-state index contributed by atoms with van der Waals surface area (Å²) in [7, 11) is 0. The monoisotopic (exact) mass is 281 g/mol. The molecule has 3 N–H and O–H groups in total. The van der Waals surface area contributed by atoms with Gasteiger partial charge in [-0.05, 0) is 24.6 Å². The highest BCUT2D eigenvalue weighted by atomic mass is 35.5. The van der Waals surface area contributed by atoms with Crippen molar-refractivity contribution in [2.75, 3.05) is 19.6 Å². The average molecular weight is 282 g/mol. The number of piperazine rings is 1. The van der Waals surface area contributed by atoms with Crippen molar-refractivity contribution in [2.45, 2.75) is 13.0 Å². The highest BCUT2D eigenvalue weighted by Crippen LogP contribution is 2.19. The molecule has 0 saturated carbocycles. The van der Waals surface area contributed by atoms with Crippen LogP contribution < -0.4 is 11.1 Å². The zero-order chi connectivity index (χ0) is 14.0. The molecule has 0 spiro atoms. The zero-order valence-corrected chi connectivity index (χ0v) is 11.4. The van der Waals surface area contributed by atoms with Crippen molar-refractivity contribution in [2.24, 2.45) is 5.73 Å². The van der Waals surface area contributed by atoms with Gasteiger partial charge in [0, 0.05) is 30.2 Å². The molecule has 0 bridgehead atoms. The molecule has 2 amide bonds. The molecule has 1 unspecified atom stereocenters. The van der Waals surface area contributed by atoms with Crippen molar-refractivity contribution in [3.8, 4) is 0 Å². The number of aryl methyl sites for hydroxylation is 1. The smallest absolute Gasteiger partial charge is 0.254 e. The van der Waals surface area contributed by atoms with Crippen LogP contribution in [0.3, 0.4) is 0 Å². The Morgan fingerprint density at radius 1 is 1.47 bits per heavy atom. The minimum absolute atomic E-state index is 0.216. The van der Waals surface area contributed by atoms with Gasteiger partial charge in [0.1, 0.15) is 6.04 Å². The first-order valence-corrected chi connectivity index (χ1v) is 6.45. The standard InChI is InChI=1S/C13H16ClN3O2/c1-8-2-3-9(6-10(8)14)13(19)17-5-4-16-7-11(17)12(15)18/h2-3,6,11,16H,4-5,7H2,1H3,(H2,15,18). The Kier molecular flexibility index (Phi) is 4.07. The first-order chi connectivity index (χ1) is 9.00. The van der Waals surface area contributed by atoms with Crippen LogP contribution in [-0.2, 0) is 4.79 Å². The van der Waals surface area contributed by atoms with Crippen molar-refractivity contribution < 1.29 is 9.59 Å². The highest BCUT2D eigenvalue weighted by Gasteiger charge is 2.31. The molecule has 6 heteroatoms. The van der Waals surface area contributed by atoms with E-state index in [0.717, 1.165) is 5.56 Å². The summed E-state index contributed by atoms with van der Waals surface area (Å²) in [6.45, 7) is 3.36. The third kappa shape index (κ3) is 2.88. The summed E-state index contributed by atoms with van der Waals surface area (Å²) in [4.78, 5) is 25.3. The molecular weight excluding hydrogens is 266 g/mol.